The molecule has 0 aliphatic carbocycles. The van der Waals surface area contributed by atoms with Gasteiger partial charge in [-0.05, 0) is 42.6 Å². The van der Waals surface area contributed by atoms with Crippen molar-refractivity contribution in [2.75, 3.05) is 12.4 Å². The minimum absolute atomic E-state index is 0.138. The standard InChI is InChI=1S/C16H15N3O3S2/c1-10(14(20)17-11-5-7-12(21-2)8-6-11)24-16-19-18-15(22-16)13-4-3-9-23-13/h3-10H,1-2H3,(H,17,20). The summed E-state index contributed by atoms with van der Waals surface area (Å²) in [4.78, 5) is 13.2. The molecule has 0 radical (unpaired) electrons. The van der Waals surface area contributed by atoms with Crippen molar-refractivity contribution in [1.82, 2.24) is 10.2 Å². The summed E-state index contributed by atoms with van der Waals surface area (Å²) >= 11 is 2.75. The maximum absolute atomic E-state index is 12.3. The molecule has 24 heavy (non-hydrogen) atoms. The van der Waals surface area contributed by atoms with E-state index in [1.165, 1.54) is 23.1 Å². The Morgan fingerprint density at radius 3 is 2.75 bits per heavy atom. The van der Waals surface area contributed by atoms with Crippen molar-refractivity contribution in [3.63, 3.8) is 0 Å². The Kier molecular flexibility index (Phi) is 5.17. The number of nitrogens with one attached hydrogen (secondary N) is 1. The fourth-order valence-corrected chi connectivity index (χ4v) is 3.21. The van der Waals surface area contributed by atoms with Crippen LogP contribution in [0.1, 0.15) is 6.92 Å². The SMILES string of the molecule is COc1ccc(NC(=O)C(C)Sc2nnc(-c3cccs3)o2)cc1. The van der Waals surface area contributed by atoms with Crippen molar-refractivity contribution in [3.05, 3.63) is 41.8 Å². The van der Waals surface area contributed by atoms with Crippen LogP contribution in [-0.2, 0) is 4.79 Å². The first kappa shape index (κ1) is 16.5. The van der Waals surface area contributed by atoms with Gasteiger partial charge in [-0.1, -0.05) is 17.8 Å². The molecular formula is C16H15N3O3S2. The van der Waals surface area contributed by atoms with E-state index in [1.54, 1.807) is 38.3 Å². The van der Waals surface area contributed by atoms with Crippen LogP contribution in [0.4, 0.5) is 5.69 Å². The zero-order valence-corrected chi connectivity index (χ0v) is 14.7. The van der Waals surface area contributed by atoms with Crippen LogP contribution in [0, 0.1) is 0 Å². The minimum Gasteiger partial charge on any atom is -0.497 e. The lowest BCUT2D eigenvalue weighted by Crippen LogP contribution is -2.22. The Bertz CT molecular complexity index is 800. The number of methoxy groups -OCH3 is 1. The molecule has 124 valence electrons. The fourth-order valence-electron chi connectivity index (χ4n) is 1.88. The number of rotatable bonds is 6. The molecule has 2 heterocycles. The molecule has 1 atom stereocenters. The van der Waals surface area contributed by atoms with Gasteiger partial charge in [-0.2, -0.15) is 0 Å². The van der Waals surface area contributed by atoms with Gasteiger partial charge in [0.05, 0.1) is 17.2 Å². The minimum atomic E-state index is -0.372. The number of thiophene rings is 1. The van der Waals surface area contributed by atoms with Crippen LogP contribution < -0.4 is 10.1 Å². The maximum Gasteiger partial charge on any atom is 0.277 e. The van der Waals surface area contributed by atoms with Gasteiger partial charge in [0.25, 0.3) is 11.1 Å². The van der Waals surface area contributed by atoms with E-state index in [9.17, 15) is 4.79 Å². The Hall–Kier alpha value is -2.32. The largest absolute Gasteiger partial charge is 0.497 e. The molecule has 0 saturated heterocycles. The molecule has 1 N–H and O–H groups in total. The second-order valence-corrected chi connectivity index (χ2v) is 7.07. The van der Waals surface area contributed by atoms with E-state index in [1.807, 2.05) is 17.5 Å². The zero-order chi connectivity index (χ0) is 16.9. The number of amides is 1. The fraction of sp³-hybridized carbons (Fsp3) is 0.188. The van der Waals surface area contributed by atoms with Crippen molar-refractivity contribution in [1.29, 1.82) is 0 Å². The van der Waals surface area contributed by atoms with E-state index in [-0.39, 0.29) is 11.2 Å². The van der Waals surface area contributed by atoms with E-state index in [0.717, 1.165) is 10.6 Å². The molecule has 8 heteroatoms. The molecule has 3 aromatic rings. The summed E-state index contributed by atoms with van der Waals surface area (Å²) in [6.07, 6.45) is 0. The highest BCUT2D eigenvalue weighted by Gasteiger charge is 2.19. The lowest BCUT2D eigenvalue weighted by atomic mass is 10.3. The van der Waals surface area contributed by atoms with Crippen LogP contribution in [-0.4, -0.2) is 28.5 Å². The summed E-state index contributed by atoms with van der Waals surface area (Å²) < 4.78 is 10.7. The molecule has 1 unspecified atom stereocenters. The summed E-state index contributed by atoms with van der Waals surface area (Å²) in [5, 5.41) is 12.8. The zero-order valence-electron chi connectivity index (χ0n) is 13.1. The topological polar surface area (TPSA) is 77.2 Å². The lowest BCUT2D eigenvalue weighted by molar-refractivity contribution is -0.115. The molecule has 3 rings (SSSR count). The summed E-state index contributed by atoms with van der Waals surface area (Å²) in [6.45, 7) is 1.79. The van der Waals surface area contributed by atoms with Crippen molar-refractivity contribution in [2.24, 2.45) is 0 Å². The molecule has 0 fully saturated rings. The normalized spacial score (nSPS) is 11.9. The quantitative estimate of drug-likeness (QED) is 0.671. The van der Waals surface area contributed by atoms with Gasteiger partial charge in [-0.3, -0.25) is 4.79 Å². The van der Waals surface area contributed by atoms with E-state index >= 15 is 0 Å². The second-order valence-electron chi connectivity index (χ2n) is 4.83. The number of benzene rings is 1. The first-order chi connectivity index (χ1) is 11.7. The van der Waals surface area contributed by atoms with Crippen molar-refractivity contribution >= 4 is 34.7 Å². The summed E-state index contributed by atoms with van der Waals surface area (Å²) in [5.74, 6) is 1.07. The van der Waals surface area contributed by atoms with Crippen LogP contribution in [0.5, 0.6) is 5.75 Å². The first-order valence-corrected chi connectivity index (χ1v) is 8.90. The van der Waals surface area contributed by atoms with Crippen LogP contribution >= 0.6 is 23.1 Å². The number of nitrogens with zero attached hydrogens (tertiary/aromatic N) is 2. The Balaban J connectivity index is 1.59. The Morgan fingerprint density at radius 1 is 1.29 bits per heavy atom. The van der Waals surface area contributed by atoms with E-state index in [0.29, 0.717) is 16.8 Å². The van der Waals surface area contributed by atoms with Crippen molar-refractivity contribution in [3.8, 4) is 16.5 Å². The molecule has 1 aromatic carbocycles. The smallest absolute Gasteiger partial charge is 0.277 e. The molecule has 6 nitrogen and oxygen atoms in total. The van der Waals surface area contributed by atoms with Crippen LogP contribution in [0.2, 0.25) is 0 Å². The number of thioether (sulfide) groups is 1. The summed E-state index contributed by atoms with van der Waals surface area (Å²) in [7, 11) is 1.60. The van der Waals surface area contributed by atoms with Gasteiger partial charge in [0.2, 0.25) is 5.91 Å². The highest BCUT2D eigenvalue weighted by molar-refractivity contribution is 8.00. The van der Waals surface area contributed by atoms with Crippen molar-refractivity contribution < 1.29 is 13.9 Å². The maximum atomic E-state index is 12.3. The molecule has 0 aliphatic heterocycles. The van der Waals surface area contributed by atoms with Gasteiger partial charge in [0, 0.05) is 5.69 Å². The van der Waals surface area contributed by atoms with Crippen LogP contribution in [0.3, 0.4) is 0 Å². The predicted octanol–water partition coefficient (Wildman–Crippen LogP) is 3.93. The van der Waals surface area contributed by atoms with E-state index in [2.05, 4.69) is 15.5 Å². The number of ether oxygens (including phenoxy) is 1. The predicted molar refractivity (Wildman–Crippen MR) is 94.6 cm³/mol. The van der Waals surface area contributed by atoms with Gasteiger partial charge in [0.15, 0.2) is 0 Å². The van der Waals surface area contributed by atoms with Gasteiger partial charge >= 0.3 is 0 Å². The number of anilines is 1. The lowest BCUT2D eigenvalue weighted by Gasteiger charge is -2.10. The molecule has 0 aliphatic rings. The Labute approximate surface area is 147 Å². The summed E-state index contributed by atoms with van der Waals surface area (Å²) in [6, 6.07) is 11.0. The monoisotopic (exact) mass is 361 g/mol. The molecule has 0 bridgehead atoms. The van der Waals surface area contributed by atoms with Crippen LogP contribution in [0.25, 0.3) is 10.8 Å². The molecule has 0 saturated carbocycles. The van der Waals surface area contributed by atoms with Crippen LogP contribution in [0.15, 0.2) is 51.4 Å². The highest BCUT2D eigenvalue weighted by Crippen LogP contribution is 2.28. The average Bonchev–Trinajstić information content (AvgIpc) is 3.26. The summed E-state index contributed by atoms with van der Waals surface area (Å²) in [5.41, 5.74) is 0.707. The number of carbonyl (C=O) groups excluding carboxylic acids is 1. The van der Waals surface area contributed by atoms with Gasteiger partial charge in [0.1, 0.15) is 5.75 Å². The van der Waals surface area contributed by atoms with E-state index in [4.69, 9.17) is 9.15 Å². The number of hydrogen-bond donors (Lipinski definition) is 1. The third kappa shape index (κ3) is 3.95. The first-order valence-electron chi connectivity index (χ1n) is 7.14. The van der Waals surface area contributed by atoms with Gasteiger partial charge in [-0.25, -0.2) is 0 Å². The number of carbonyl (C=O) groups is 1. The number of hydrogen-bond acceptors (Lipinski definition) is 7. The molecule has 1 amide bonds. The number of aromatic nitrogens is 2. The molecule has 2 aromatic heterocycles. The average molecular weight is 361 g/mol. The molecule has 0 spiro atoms. The third-order valence-electron chi connectivity index (χ3n) is 3.14. The molecular weight excluding hydrogens is 346 g/mol. The van der Waals surface area contributed by atoms with E-state index < -0.39 is 0 Å². The third-order valence-corrected chi connectivity index (χ3v) is 4.93. The van der Waals surface area contributed by atoms with Crippen molar-refractivity contribution in [2.45, 2.75) is 17.4 Å². The van der Waals surface area contributed by atoms with Gasteiger partial charge < -0.3 is 14.5 Å². The Morgan fingerprint density at radius 2 is 2.08 bits per heavy atom. The second kappa shape index (κ2) is 7.50. The van der Waals surface area contributed by atoms with Gasteiger partial charge in [-0.15, -0.1) is 21.5 Å². The highest BCUT2D eigenvalue weighted by atomic mass is 32.2.